The summed E-state index contributed by atoms with van der Waals surface area (Å²) in [7, 11) is 0. The molecule has 0 saturated carbocycles. The van der Waals surface area contributed by atoms with E-state index in [1.54, 1.807) is 22.3 Å². The van der Waals surface area contributed by atoms with E-state index >= 15 is 0 Å². The summed E-state index contributed by atoms with van der Waals surface area (Å²) < 4.78 is 2.47. The maximum absolute atomic E-state index is 2.55. The first kappa shape index (κ1) is 20.2. The van der Waals surface area contributed by atoms with Crippen LogP contribution in [0, 0.1) is 0 Å². The Labute approximate surface area is 186 Å². The van der Waals surface area contributed by atoms with Gasteiger partial charge >= 0.3 is 0 Å². The standard InChI is InChI=1S/C29H33N2/c1-20(2)25-19-23-10-8-18-31-17-7-6-12-27(31)29(23)28-21(3)13-14-22-9-4-5-11-26(22)30-16-15-24(25)28/h4-7,9,11-14,17,19-21,30H,8,10,15-16,18H2,1-3H3/q+1/p+1/b14-13-. The van der Waals surface area contributed by atoms with Gasteiger partial charge in [-0.05, 0) is 52.8 Å². The van der Waals surface area contributed by atoms with Crippen molar-refractivity contribution in [2.24, 2.45) is 0 Å². The Morgan fingerprint density at radius 1 is 1.03 bits per heavy atom. The lowest BCUT2D eigenvalue weighted by Crippen LogP contribution is -2.78. The van der Waals surface area contributed by atoms with Gasteiger partial charge in [0.25, 0.3) is 0 Å². The van der Waals surface area contributed by atoms with E-state index in [2.05, 4.69) is 97.5 Å². The Bertz CT molecular complexity index is 1140. The number of rotatable bonds is 1. The molecule has 1 unspecified atom stereocenters. The summed E-state index contributed by atoms with van der Waals surface area (Å²) in [5.41, 5.74) is 11.8. The molecule has 0 spiro atoms. The quantitative estimate of drug-likeness (QED) is 0.416. The Balaban J connectivity index is 1.78. The highest BCUT2D eigenvalue weighted by atomic mass is 15.0. The molecule has 2 aliphatic heterocycles. The number of benzene rings is 2. The molecule has 0 fully saturated rings. The predicted molar refractivity (Wildman–Crippen MR) is 129 cm³/mol. The van der Waals surface area contributed by atoms with Crippen molar-refractivity contribution in [3.8, 4) is 11.3 Å². The number of quaternary nitrogens is 1. The molecule has 2 aliphatic rings. The van der Waals surface area contributed by atoms with Gasteiger partial charge in [-0.3, -0.25) is 0 Å². The van der Waals surface area contributed by atoms with E-state index in [4.69, 9.17) is 0 Å². The fourth-order valence-corrected chi connectivity index (χ4v) is 5.53. The molecule has 31 heavy (non-hydrogen) atoms. The summed E-state index contributed by atoms with van der Waals surface area (Å²) in [6.07, 6.45) is 10.5. The van der Waals surface area contributed by atoms with Gasteiger partial charge in [0.05, 0.1) is 12.1 Å². The Morgan fingerprint density at radius 3 is 2.74 bits per heavy atom. The van der Waals surface area contributed by atoms with E-state index in [-0.39, 0.29) is 0 Å². The van der Waals surface area contributed by atoms with Crippen LogP contribution < -0.4 is 9.88 Å². The normalized spacial score (nSPS) is 18.9. The maximum atomic E-state index is 2.55. The van der Waals surface area contributed by atoms with Crippen molar-refractivity contribution in [1.82, 2.24) is 0 Å². The van der Waals surface area contributed by atoms with Crippen molar-refractivity contribution < 1.29 is 9.88 Å². The minimum Gasteiger partial charge on any atom is -0.313 e. The number of pyridine rings is 1. The fraction of sp³-hybridized carbons (Fsp3) is 0.345. The van der Waals surface area contributed by atoms with Gasteiger partial charge in [0.2, 0.25) is 5.69 Å². The van der Waals surface area contributed by atoms with Crippen molar-refractivity contribution in [2.45, 2.75) is 58.4 Å². The lowest BCUT2D eigenvalue weighted by atomic mass is 9.79. The number of aromatic nitrogens is 1. The van der Waals surface area contributed by atoms with Gasteiger partial charge in [-0.15, -0.1) is 0 Å². The van der Waals surface area contributed by atoms with Gasteiger partial charge in [-0.1, -0.05) is 51.1 Å². The van der Waals surface area contributed by atoms with Gasteiger partial charge in [-0.25, -0.2) is 0 Å². The SMILES string of the molecule is CC(C)c1cc2c(c3c1CC[NH2+]c1ccccc1/C=C\C3C)-c1cccc[n+]1CCC2. The second-order valence-electron chi connectivity index (χ2n) is 9.45. The number of para-hydroxylation sites is 1. The van der Waals surface area contributed by atoms with Gasteiger partial charge in [0.15, 0.2) is 6.20 Å². The third kappa shape index (κ3) is 3.74. The van der Waals surface area contributed by atoms with Crippen molar-refractivity contribution >= 4 is 11.8 Å². The average Bonchev–Trinajstić information content (AvgIpc) is 2.96. The third-order valence-corrected chi connectivity index (χ3v) is 7.03. The number of allylic oxidation sites excluding steroid dienone is 1. The van der Waals surface area contributed by atoms with E-state index in [1.165, 1.54) is 28.9 Å². The van der Waals surface area contributed by atoms with Crippen LogP contribution in [-0.4, -0.2) is 6.54 Å². The van der Waals surface area contributed by atoms with Crippen LogP contribution in [0.25, 0.3) is 17.3 Å². The zero-order chi connectivity index (χ0) is 21.4. The van der Waals surface area contributed by atoms with Crippen molar-refractivity contribution in [3.05, 3.63) is 88.6 Å². The molecular formula is C29H34N2+2. The largest absolute Gasteiger partial charge is 0.313 e. The van der Waals surface area contributed by atoms with E-state index in [0.29, 0.717) is 11.8 Å². The number of hydrogen-bond acceptors (Lipinski definition) is 0. The summed E-state index contributed by atoms with van der Waals surface area (Å²) in [6.45, 7) is 9.30. The molecule has 0 amide bonds. The van der Waals surface area contributed by atoms with E-state index in [9.17, 15) is 0 Å². The van der Waals surface area contributed by atoms with Crippen LogP contribution in [-0.2, 0) is 19.4 Å². The number of nitrogens with zero attached hydrogens (tertiary/aromatic N) is 1. The lowest BCUT2D eigenvalue weighted by Gasteiger charge is -2.25. The minimum absolute atomic E-state index is 0.375. The summed E-state index contributed by atoms with van der Waals surface area (Å²) in [5.74, 6) is 0.914. The number of nitrogens with two attached hydrogens (primary N) is 1. The molecule has 3 heterocycles. The summed E-state index contributed by atoms with van der Waals surface area (Å²) >= 11 is 0. The number of fused-ring (bicyclic) bond motifs is 6. The second kappa shape index (κ2) is 8.43. The number of aryl methyl sites for hydroxylation is 2. The monoisotopic (exact) mass is 410 g/mol. The molecule has 2 aromatic carbocycles. The zero-order valence-corrected chi connectivity index (χ0v) is 19.1. The van der Waals surface area contributed by atoms with Crippen LogP contribution >= 0.6 is 0 Å². The van der Waals surface area contributed by atoms with Crippen molar-refractivity contribution in [1.29, 1.82) is 0 Å². The minimum atomic E-state index is 0.375. The molecule has 1 aromatic heterocycles. The lowest BCUT2D eigenvalue weighted by molar-refractivity contribution is -0.686. The topological polar surface area (TPSA) is 20.5 Å². The molecule has 5 rings (SSSR count). The maximum Gasteiger partial charge on any atom is 0.213 e. The summed E-state index contributed by atoms with van der Waals surface area (Å²) in [5, 5.41) is 2.43. The van der Waals surface area contributed by atoms with Crippen LogP contribution in [0.15, 0.2) is 60.8 Å². The molecular weight excluding hydrogens is 376 g/mol. The average molecular weight is 411 g/mol. The molecule has 158 valence electrons. The van der Waals surface area contributed by atoms with E-state index in [0.717, 1.165) is 25.9 Å². The first-order chi connectivity index (χ1) is 15.1. The smallest absolute Gasteiger partial charge is 0.213 e. The second-order valence-corrected chi connectivity index (χ2v) is 9.45. The highest BCUT2D eigenvalue weighted by Crippen LogP contribution is 2.40. The predicted octanol–water partition coefficient (Wildman–Crippen LogP) is 5.28. The molecule has 0 aliphatic carbocycles. The highest BCUT2D eigenvalue weighted by Gasteiger charge is 2.29. The highest BCUT2D eigenvalue weighted by molar-refractivity contribution is 5.72. The zero-order valence-electron chi connectivity index (χ0n) is 19.1. The Morgan fingerprint density at radius 2 is 1.87 bits per heavy atom. The molecule has 1 atom stereocenters. The Kier molecular flexibility index (Phi) is 5.50. The summed E-state index contributed by atoms with van der Waals surface area (Å²) in [6, 6.07) is 18.1. The molecule has 2 heteroatoms. The first-order valence-corrected chi connectivity index (χ1v) is 11.9. The van der Waals surface area contributed by atoms with Crippen LogP contribution in [0.5, 0.6) is 0 Å². The molecule has 0 radical (unpaired) electrons. The van der Waals surface area contributed by atoms with Crippen molar-refractivity contribution in [3.63, 3.8) is 0 Å². The Hall–Kier alpha value is -2.71. The molecule has 0 bridgehead atoms. The molecule has 3 aromatic rings. The van der Waals surface area contributed by atoms with Gasteiger partial charge in [0.1, 0.15) is 12.2 Å². The third-order valence-electron chi connectivity index (χ3n) is 7.03. The van der Waals surface area contributed by atoms with Gasteiger partial charge < -0.3 is 5.32 Å². The van der Waals surface area contributed by atoms with Gasteiger partial charge in [-0.2, -0.15) is 4.57 Å². The molecule has 2 nitrogen and oxygen atoms in total. The van der Waals surface area contributed by atoms with Crippen LogP contribution in [0.3, 0.4) is 0 Å². The molecule has 2 N–H and O–H groups in total. The molecule has 0 saturated heterocycles. The van der Waals surface area contributed by atoms with Crippen molar-refractivity contribution in [2.75, 3.05) is 6.54 Å². The van der Waals surface area contributed by atoms with Crippen LogP contribution in [0.1, 0.15) is 66.8 Å². The summed E-state index contributed by atoms with van der Waals surface area (Å²) in [4.78, 5) is 0. The van der Waals surface area contributed by atoms with E-state index in [1.807, 2.05) is 0 Å². The fourth-order valence-electron chi connectivity index (χ4n) is 5.53. The van der Waals surface area contributed by atoms with Gasteiger partial charge in [0, 0.05) is 36.5 Å². The van der Waals surface area contributed by atoms with E-state index < -0.39 is 0 Å². The first-order valence-electron chi connectivity index (χ1n) is 11.9. The van der Waals surface area contributed by atoms with Crippen LogP contribution in [0.2, 0.25) is 0 Å². The van der Waals surface area contributed by atoms with Crippen LogP contribution in [0.4, 0.5) is 5.69 Å². The number of hydrogen-bond donors (Lipinski definition) is 1.